The zero-order valence-corrected chi connectivity index (χ0v) is 10.4. The van der Waals surface area contributed by atoms with E-state index in [1.807, 2.05) is 30.4 Å². The van der Waals surface area contributed by atoms with E-state index >= 15 is 0 Å². The number of hydrogen-bond acceptors (Lipinski definition) is 1. The molecule has 0 saturated heterocycles. The summed E-state index contributed by atoms with van der Waals surface area (Å²) in [6.07, 6.45) is 9.26. The molecule has 1 aromatic carbocycles. The zero-order valence-electron chi connectivity index (χ0n) is 10.4. The number of aliphatic imine (C=N–C) groups is 1. The third-order valence-electron chi connectivity index (χ3n) is 2.38. The van der Waals surface area contributed by atoms with E-state index in [9.17, 15) is 4.39 Å². The first-order chi connectivity index (χ1) is 8.29. The molecule has 0 aliphatic rings. The van der Waals surface area contributed by atoms with Crippen molar-refractivity contribution < 1.29 is 4.39 Å². The number of rotatable bonds is 5. The number of nitrogens with zero attached hydrogens (tertiary/aromatic N) is 1. The largest absolute Gasteiger partial charge is 0.297 e. The summed E-state index contributed by atoms with van der Waals surface area (Å²) in [7, 11) is 1.72. The average Bonchev–Trinajstić information content (AvgIpc) is 2.34. The summed E-state index contributed by atoms with van der Waals surface area (Å²) in [5.41, 5.74) is 1.71. The number of benzene rings is 1. The minimum atomic E-state index is -0.162. The second-order valence-corrected chi connectivity index (χ2v) is 3.71. The van der Waals surface area contributed by atoms with E-state index in [2.05, 4.69) is 11.9 Å². The number of hydrogen-bond donors (Lipinski definition) is 0. The third kappa shape index (κ3) is 4.35. The number of halogens is 1. The van der Waals surface area contributed by atoms with Crippen LogP contribution in [0.3, 0.4) is 0 Å². The highest BCUT2D eigenvalue weighted by atomic mass is 19.1. The first-order valence-electron chi connectivity index (χ1n) is 5.82. The van der Waals surface area contributed by atoms with Gasteiger partial charge in [0.15, 0.2) is 0 Å². The van der Waals surface area contributed by atoms with Gasteiger partial charge in [0.1, 0.15) is 5.82 Å². The first-order valence-corrected chi connectivity index (χ1v) is 5.82. The van der Waals surface area contributed by atoms with Crippen LogP contribution < -0.4 is 0 Å². The van der Waals surface area contributed by atoms with Gasteiger partial charge in [0.2, 0.25) is 0 Å². The zero-order chi connectivity index (χ0) is 12.5. The molecule has 0 spiro atoms. The van der Waals surface area contributed by atoms with Gasteiger partial charge < -0.3 is 0 Å². The molecular weight excluding hydrogens is 213 g/mol. The van der Waals surface area contributed by atoms with Crippen LogP contribution in [0.15, 0.2) is 47.5 Å². The van der Waals surface area contributed by atoms with Crippen molar-refractivity contribution in [3.05, 3.63) is 53.9 Å². The van der Waals surface area contributed by atoms with Crippen LogP contribution in [0.5, 0.6) is 0 Å². The van der Waals surface area contributed by atoms with Crippen LogP contribution in [0.2, 0.25) is 0 Å². The molecule has 0 atom stereocenters. The Balaban J connectivity index is 2.97. The van der Waals surface area contributed by atoms with Crippen LogP contribution in [0.25, 0.3) is 5.57 Å². The summed E-state index contributed by atoms with van der Waals surface area (Å²) in [4.78, 5) is 3.85. The van der Waals surface area contributed by atoms with Crippen molar-refractivity contribution in [2.75, 3.05) is 7.05 Å². The van der Waals surface area contributed by atoms with Crippen molar-refractivity contribution in [1.29, 1.82) is 0 Å². The standard InChI is InChI=1S/C15H18FN/c1-3-8-13(9-6-7-12-17-2)14-10-4-5-11-15(14)16/h4-7,9-12H,3,8H2,1-2H3/b7-6-,13-9+,17-12?. The molecule has 1 rings (SSSR count). The fourth-order valence-electron chi connectivity index (χ4n) is 1.61. The van der Waals surface area contributed by atoms with E-state index in [1.165, 1.54) is 6.07 Å². The van der Waals surface area contributed by atoms with Gasteiger partial charge in [0, 0.05) is 18.8 Å². The lowest BCUT2D eigenvalue weighted by Gasteiger charge is -2.06. The van der Waals surface area contributed by atoms with Gasteiger partial charge in [0.25, 0.3) is 0 Å². The topological polar surface area (TPSA) is 12.4 Å². The van der Waals surface area contributed by atoms with Crippen LogP contribution in [0, 0.1) is 5.82 Å². The summed E-state index contributed by atoms with van der Waals surface area (Å²) >= 11 is 0. The van der Waals surface area contributed by atoms with E-state index in [1.54, 1.807) is 19.3 Å². The fourth-order valence-corrected chi connectivity index (χ4v) is 1.61. The Morgan fingerprint density at radius 2 is 2.06 bits per heavy atom. The predicted molar refractivity (Wildman–Crippen MR) is 72.8 cm³/mol. The van der Waals surface area contributed by atoms with Crippen LogP contribution in [0.4, 0.5) is 4.39 Å². The van der Waals surface area contributed by atoms with E-state index in [0.29, 0.717) is 5.56 Å². The van der Waals surface area contributed by atoms with Gasteiger partial charge >= 0.3 is 0 Å². The Hall–Kier alpha value is -1.70. The molecule has 90 valence electrons. The lowest BCUT2D eigenvalue weighted by Crippen LogP contribution is -1.89. The summed E-state index contributed by atoms with van der Waals surface area (Å²) in [5, 5.41) is 0. The molecule has 0 aliphatic carbocycles. The maximum Gasteiger partial charge on any atom is 0.130 e. The molecule has 1 nitrogen and oxygen atoms in total. The molecule has 0 N–H and O–H groups in total. The molecular formula is C15H18FN. The molecule has 0 bridgehead atoms. The summed E-state index contributed by atoms with van der Waals surface area (Å²) in [6.45, 7) is 2.09. The summed E-state index contributed by atoms with van der Waals surface area (Å²) in [6, 6.07) is 6.88. The van der Waals surface area contributed by atoms with Crippen molar-refractivity contribution in [2.24, 2.45) is 4.99 Å². The minimum Gasteiger partial charge on any atom is -0.297 e. The Morgan fingerprint density at radius 1 is 1.29 bits per heavy atom. The van der Waals surface area contributed by atoms with Gasteiger partial charge in [0.05, 0.1) is 0 Å². The van der Waals surface area contributed by atoms with Gasteiger partial charge in [-0.1, -0.05) is 43.7 Å². The molecule has 1 aromatic rings. The first kappa shape index (κ1) is 13.4. The van der Waals surface area contributed by atoms with Crippen LogP contribution in [0.1, 0.15) is 25.3 Å². The molecule has 0 aromatic heterocycles. The molecule has 0 amide bonds. The molecule has 2 heteroatoms. The maximum atomic E-state index is 13.6. The van der Waals surface area contributed by atoms with E-state index in [4.69, 9.17) is 0 Å². The SMILES string of the molecule is CCC/C(=C\C=C/C=NC)c1ccccc1F. The molecule has 0 fully saturated rings. The van der Waals surface area contributed by atoms with Crippen molar-refractivity contribution in [2.45, 2.75) is 19.8 Å². The van der Waals surface area contributed by atoms with Gasteiger partial charge in [-0.2, -0.15) is 0 Å². The van der Waals surface area contributed by atoms with Crippen molar-refractivity contribution in [1.82, 2.24) is 0 Å². The average molecular weight is 231 g/mol. The Kier molecular flexibility index (Phi) is 5.94. The van der Waals surface area contributed by atoms with Gasteiger partial charge in [-0.05, 0) is 24.1 Å². The van der Waals surface area contributed by atoms with Crippen molar-refractivity contribution in [3.8, 4) is 0 Å². The Morgan fingerprint density at radius 3 is 2.71 bits per heavy atom. The normalized spacial score (nSPS) is 12.8. The maximum absolute atomic E-state index is 13.6. The summed E-state index contributed by atoms with van der Waals surface area (Å²) < 4.78 is 13.6. The van der Waals surface area contributed by atoms with Gasteiger partial charge in [-0.15, -0.1) is 0 Å². The second kappa shape index (κ2) is 7.55. The lowest BCUT2D eigenvalue weighted by atomic mass is 10.0. The van der Waals surface area contributed by atoms with Gasteiger partial charge in [-0.25, -0.2) is 4.39 Å². The molecule has 0 radical (unpaired) electrons. The van der Waals surface area contributed by atoms with Gasteiger partial charge in [-0.3, -0.25) is 4.99 Å². The lowest BCUT2D eigenvalue weighted by molar-refractivity contribution is 0.623. The van der Waals surface area contributed by atoms with Crippen LogP contribution in [-0.4, -0.2) is 13.3 Å². The highest BCUT2D eigenvalue weighted by Gasteiger charge is 2.04. The third-order valence-corrected chi connectivity index (χ3v) is 2.38. The smallest absolute Gasteiger partial charge is 0.130 e. The Bertz CT molecular complexity index is 430. The van der Waals surface area contributed by atoms with Crippen molar-refractivity contribution in [3.63, 3.8) is 0 Å². The molecule has 0 saturated carbocycles. The molecule has 17 heavy (non-hydrogen) atoms. The fraction of sp³-hybridized carbons (Fsp3) is 0.267. The highest BCUT2D eigenvalue weighted by Crippen LogP contribution is 2.22. The minimum absolute atomic E-state index is 0.162. The molecule has 0 aliphatic heterocycles. The van der Waals surface area contributed by atoms with E-state index in [0.717, 1.165) is 18.4 Å². The van der Waals surface area contributed by atoms with E-state index < -0.39 is 0 Å². The molecule has 0 heterocycles. The monoisotopic (exact) mass is 231 g/mol. The second-order valence-electron chi connectivity index (χ2n) is 3.71. The quantitative estimate of drug-likeness (QED) is 0.530. The van der Waals surface area contributed by atoms with Crippen molar-refractivity contribution >= 4 is 11.8 Å². The number of allylic oxidation sites excluding steroid dienone is 4. The summed E-state index contributed by atoms with van der Waals surface area (Å²) in [5.74, 6) is -0.162. The van der Waals surface area contributed by atoms with Crippen LogP contribution in [-0.2, 0) is 0 Å². The Labute approximate surface area is 102 Å². The highest BCUT2D eigenvalue weighted by molar-refractivity contribution is 5.73. The van der Waals surface area contributed by atoms with Crippen LogP contribution >= 0.6 is 0 Å². The predicted octanol–water partition coefficient (Wildman–Crippen LogP) is 4.27. The molecule has 0 unspecified atom stereocenters. The van der Waals surface area contributed by atoms with E-state index in [-0.39, 0.29) is 5.82 Å².